The van der Waals surface area contributed by atoms with Gasteiger partial charge in [0.25, 0.3) is 15.9 Å². The zero-order chi connectivity index (χ0) is 18.5. The maximum Gasteiger partial charge on any atom is 0.262 e. The molecule has 8 heteroatoms. The Hall–Kier alpha value is -2.58. The first kappa shape index (κ1) is 16.9. The van der Waals surface area contributed by atoms with E-state index in [0.717, 1.165) is 0 Å². The lowest BCUT2D eigenvalue weighted by atomic mass is 10.1. The van der Waals surface area contributed by atoms with Gasteiger partial charge in [-0.2, -0.15) is 0 Å². The highest BCUT2D eigenvalue weighted by Gasteiger charge is 2.26. The molecule has 1 amide bonds. The number of nitrogens with one attached hydrogen (secondary N) is 2. The SMILES string of the molecule is COc1ccc(Br)cc1NS(=O)(=O)c1ccc2c3c(cccc13)C(=O)N2. The molecule has 1 aliphatic heterocycles. The smallest absolute Gasteiger partial charge is 0.262 e. The lowest BCUT2D eigenvalue weighted by Gasteiger charge is -2.14. The minimum Gasteiger partial charge on any atom is -0.495 e. The quantitative estimate of drug-likeness (QED) is 0.652. The van der Waals surface area contributed by atoms with Gasteiger partial charge in [-0.3, -0.25) is 9.52 Å². The summed E-state index contributed by atoms with van der Waals surface area (Å²) in [6.07, 6.45) is 0. The summed E-state index contributed by atoms with van der Waals surface area (Å²) >= 11 is 3.33. The second-order valence-corrected chi connectivity index (χ2v) is 8.31. The molecule has 0 aliphatic carbocycles. The van der Waals surface area contributed by atoms with E-state index in [1.165, 1.54) is 13.2 Å². The van der Waals surface area contributed by atoms with Gasteiger partial charge in [0.2, 0.25) is 0 Å². The summed E-state index contributed by atoms with van der Waals surface area (Å²) in [5, 5.41) is 3.84. The maximum atomic E-state index is 13.0. The van der Waals surface area contributed by atoms with Crippen LogP contribution in [-0.2, 0) is 10.0 Å². The summed E-state index contributed by atoms with van der Waals surface area (Å²) < 4.78 is 34.6. The molecular formula is C18H13BrN2O4S. The number of hydrogen-bond acceptors (Lipinski definition) is 4. The van der Waals surface area contributed by atoms with E-state index in [4.69, 9.17) is 4.74 Å². The van der Waals surface area contributed by atoms with Crippen molar-refractivity contribution in [2.24, 2.45) is 0 Å². The van der Waals surface area contributed by atoms with Crippen LogP contribution in [0.2, 0.25) is 0 Å². The molecule has 0 atom stereocenters. The highest BCUT2D eigenvalue weighted by atomic mass is 79.9. The number of anilines is 2. The lowest BCUT2D eigenvalue weighted by Crippen LogP contribution is -2.14. The van der Waals surface area contributed by atoms with Gasteiger partial charge >= 0.3 is 0 Å². The van der Waals surface area contributed by atoms with Crippen LogP contribution in [-0.4, -0.2) is 21.4 Å². The van der Waals surface area contributed by atoms with Crippen LogP contribution < -0.4 is 14.8 Å². The monoisotopic (exact) mass is 432 g/mol. The number of hydrogen-bond donors (Lipinski definition) is 2. The number of ether oxygens (including phenoxy) is 1. The molecule has 3 aromatic carbocycles. The van der Waals surface area contributed by atoms with Gasteiger partial charge in [0.05, 0.1) is 17.7 Å². The Kier molecular flexibility index (Phi) is 3.89. The topological polar surface area (TPSA) is 84.5 Å². The van der Waals surface area contributed by atoms with Crippen molar-refractivity contribution in [2.75, 3.05) is 17.1 Å². The van der Waals surface area contributed by atoms with Crippen LogP contribution in [0, 0.1) is 0 Å². The fourth-order valence-electron chi connectivity index (χ4n) is 3.06. The van der Waals surface area contributed by atoms with Crippen molar-refractivity contribution in [3.63, 3.8) is 0 Å². The lowest BCUT2D eigenvalue weighted by molar-refractivity contribution is 0.103. The van der Waals surface area contributed by atoms with E-state index in [1.54, 1.807) is 42.5 Å². The number of sulfonamides is 1. The Morgan fingerprint density at radius 3 is 2.69 bits per heavy atom. The van der Waals surface area contributed by atoms with Crippen molar-refractivity contribution in [1.82, 2.24) is 0 Å². The molecule has 0 saturated heterocycles. The van der Waals surface area contributed by atoms with E-state index in [9.17, 15) is 13.2 Å². The minimum atomic E-state index is -3.90. The summed E-state index contributed by atoms with van der Waals surface area (Å²) in [5.41, 5.74) is 1.40. The van der Waals surface area contributed by atoms with Crippen LogP contribution in [0.4, 0.5) is 11.4 Å². The molecule has 2 N–H and O–H groups in total. The molecule has 132 valence electrons. The molecule has 6 nitrogen and oxygen atoms in total. The zero-order valence-electron chi connectivity index (χ0n) is 13.5. The Morgan fingerprint density at radius 1 is 1.12 bits per heavy atom. The van der Waals surface area contributed by atoms with Crippen molar-refractivity contribution in [2.45, 2.75) is 4.90 Å². The highest BCUT2D eigenvalue weighted by Crippen LogP contribution is 2.38. The molecule has 0 fully saturated rings. The predicted molar refractivity (Wildman–Crippen MR) is 103 cm³/mol. The number of methoxy groups -OCH3 is 1. The van der Waals surface area contributed by atoms with Gasteiger partial charge in [0.1, 0.15) is 5.75 Å². The Balaban J connectivity index is 1.87. The standard InChI is InChI=1S/C18H13BrN2O4S/c1-25-15-7-5-10(19)9-14(15)21-26(23,24)16-8-6-13-17-11(16)3-2-4-12(17)18(22)20-13/h2-9,21H,1H3,(H,20,22). The molecule has 3 aromatic rings. The van der Waals surface area contributed by atoms with E-state index >= 15 is 0 Å². The molecule has 1 aliphatic rings. The van der Waals surface area contributed by atoms with Crippen LogP contribution in [0.25, 0.3) is 10.8 Å². The summed E-state index contributed by atoms with van der Waals surface area (Å²) in [5.74, 6) is 0.168. The number of amides is 1. The summed E-state index contributed by atoms with van der Waals surface area (Å²) in [6.45, 7) is 0. The van der Waals surface area contributed by atoms with Crippen molar-refractivity contribution >= 4 is 54.0 Å². The van der Waals surface area contributed by atoms with Crippen LogP contribution in [0.15, 0.2) is 57.9 Å². The van der Waals surface area contributed by atoms with Crippen LogP contribution >= 0.6 is 15.9 Å². The molecule has 26 heavy (non-hydrogen) atoms. The number of rotatable bonds is 4. The summed E-state index contributed by atoms with van der Waals surface area (Å²) in [7, 11) is -2.43. The van der Waals surface area contributed by atoms with Crippen LogP contribution in [0.5, 0.6) is 5.75 Å². The minimum absolute atomic E-state index is 0.0941. The first-order valence-corrected chi connectivity index (χ1v) is 9.92. The van der Waals surface area contributed by atoms with Crippen molar-refractivity contribution in [3.8, 4) is 5.75 Å². The van der Waals surface area contributed by atoms with Crippen molar-refractivity contribution in [3.05, 3.63) is 58.6 Å². The molecule has 0 spiro atoms. The number of halogens is 1. The predicted octanol–water partition coefficient (Wildman–Crippen LogP) is 3.98. The van der Waals surface area contributed by atoms with E-state index < -0.39 is 10.0 Å². The van der Waals surface area contributed by atoms with Crippen LogP contribution in [0.1, 0.15) is 10.4 Å². The van der Waals surface area contributed by atoms with Gasteiger partial charge in [-0.05, 0) is 36.4 Å². The molecule has 0 bridgehead atoms. The van der Waals surface area contributed by atoms with Gasteiger partial charge in [-0.1, -0.05) is 28.1 Å². The van der Waals surface area contributed by atoms with Gasteiger partial charge in [0.15, 0.2) is 0 Å². The van der Waals surface area contributed by atoms with Gasteiger partial charge in [-0.15, -0.1) is 0 Å². The summed E-state index contributed by atoms with van der Waals surface area (Å²) in [6, 6.07) is 13.2. The molecule has 0 aromatic heterocycles. The highest BCUT2D eigenvalue weighted by molar-refractivity contribution is 9.10. The average molecular weight is 433 g/mol. The van der Waals surface area contributed by atoms with Crippen molar-refractivity contribution < 1.29 is 17.9 Å². The van der Waals surface area contributed by atoms with E-state index in [1.807, 2.05) is 0 Å². The van der Waals surface area contributed by atoms with Crippen molar-refractivity contribution in [1.29, 1.82) is 0 Å². The molecule has 0 saturated carbocycles. The third-order valence-corrected chi connectivity index (χ3v) is 6.11. The fourth-order valence-corrected chi connectivity index (χ4v) is 4.68. The number of carbonyl (C=O) groups is 1. The zero-order valence-corrected chi connectivity index (χ0v) is 15.9. The Bertz CT molecular complexity index is 1180. The molecule has 0 unspecified atom stereocenters. The molecular weight excluding hydrogens is 420 g/mol. The number of carbonyl (C=O) groups excluding carboxylic acids is 1. The third-order valence-electron chi connectivity index (χ3n) is 4.19. The van der Waals surface area contributed by atoms with Gasteiger partial charge in [0, 0.05) is 26.5 Å². The third kappa shape index (κ3) is 2.62. The second-order valence-electron chi connectivity index (χ2n) is 5.74. The first-order valence-electron chi connectivity index (χ1n) is 7.64. The van der Waals surface area contributed by atoms with Crippen LogP contribution in [0.3, 0.4) is 0 Å². The summed E-state index contributed by atoms with van der Waals surface area (Å²) in [4.78, 5) is 12.1. The normalized spacial score (nSPS) is 12.9. The van der Waals surface area contributed by atoms with E-state index in [0.29, 0.717) is 37.9 Å². The largest absolute Gasteiger partial charge is 0.495 e. The maximum absolute atomic E-state index is 13.0. The molecule has 4 rings (SSSR count). The van der Waals surface area contributed by atoms with E-state index in [2.05, 4.69) is 26.0 Å². The molecule has 1 heterocycles. The Labute approximate surface area is 158 Å². The average Bonchev–Trinajstić information content (AvgIpc) is 2.93. The van der Waals surface area contributed by atoms with E-state index in [-0.39, 0.29) is 10.8 Å². The fraction of sp³-hybridized carbons (Fsp3) is 0.0556. The Morgan fingerprint density at radius 2 is 1.92 bits per heavy atom. The van der Waals surface area contributed by atoms with Gasteiger partial charge in [-0.25, -0.2) is 8.42 Å². The second kappa shape index (κ2) is 6.00. The van der Waals surface area contributed by atoms with Gasteiger partial charge < -0.3 is 10.1 Å². The number of benzene rings is 3. The first-order chi connectivity index (χ1) is 12.4. The molecule has 0 radical (unpaired) electrons.